The summed E-state index contributed by atoms with van der Waals surface area (Å²) in [7, 11) is -9.89. The van der Waals surface area contributed by atoms with E-state index in [-0.39, 0.29) is 25.7 Å². The second-order valence-corrected chi connectivity index (χ2v) is 29.0. The SMILES string of the molecule is CCCCCCCCCCCC(=O)OC[C@H](COP(=O)(O)OC[C@H](O)COP(=O)(O)OC[C@@H](COC(=O)CCCCCCCCC(C)CC)OC(=O)CCCCCCCCCCCCCCCCCCCCC(C)CC)OC(=O)CCCCCCCCCCC. The number of aliphatic hydroxyl groups excluding tert-OH is 1. The first-order chi connectivity index (χ1) is 43.4. The van der Waals surface area contributed by atoms with Gasteiger partial charge in [-0.15, -0.1) is 0 Å². The van der Waals surface area contributed by atoms with Crippen molar-refractivity contribution in [2.75, 3.05) is 39.6 Å². The fourth-order valence-corrected chi connectivity index (χ4v) is 12.3. The number of hydrogen-bond donors (Lipinski definition) is 3. The van der Waals surface area contributed by atoms with Crippen LogP contribution in [0.1, 0.15) is 363 Å². The molecule has 17 nitrogen and oxygen atoms in total. The van der Waals surface area contributed by atoms with Gasteiger partial charge in [0.05, 0.1) is 26.4 Å². The Kier molecular flexibility index (Phi) is 61.8. The summed E-state index contributed by atoms with van der Waals surface area (Å²) in [5.74, 6) is -0.526. The van der Waals surface area contributed by atoms with E-state index in [0.29, 0.717) is 25.7 Å². The van der Waals surface area contributed by atoms with E-state index in [2.05, 4.69) is 41.5 Å². The zero-order valence-electron chi connectivity index (χ0n) is 58.4. The minimum absolute atomic E-state index is 0.106. The number of rotatable bonds is 70. The third-order valence-electron chi connectivity index (χ3n) is 17.2. The fraction of sp³-hybridized carbons (Fsp3) is 0.944. The average molecular weight is 1330 g/mol. The third-order valence-corrected chi connectivity index (χ3v) is 19.1. The van der Waals surface area contributed by atoms with Crippen molar-refractivity contribution in [1.29, 1.82) is 0 Å². The van der Waals surface area contributed by atoms with Crippen molar-refractivity contribution >= 4 is 39.5 Å². The number of ether oxygens (including phenoxy) is 4. The standard InChI is InChI=1S/C71H138O17P2/c1-7-11-13-15-17-29-34-41-47-53-68(73)81-59-66(87-70(75)55-49-43-35-30-18-16-14-12-8-2)61-85-89(77,78)83-57-65(72)58-84-90(79,80)86-62-67(60-82-69(74)54-48-42-38-37-40-46-52-64(6)10-4)88-71(76)56-50-44-36-32-28-26-24-22-20-19-21-23-25-27-31-33-39-45-51-63(5)9-3/h63-67,72H,7-62H2,1-6H3,(H,77,78)(H,79,80)/t63?,64?,65-,66+,67+/m0/s1. The molecule has 0 aromatic heterocycles. The average Bonchev–Trinajstić information content (AvgIpc) is 3.41. The molecule has 0 aromatic carbocycles. The van der Waals surface area contributed by atoms with Gasteiger partial charge in [0, 0.05) is 25.7 Å². The Labute approximate surface area is 549 Å². The van der Waals surface area contributed by atoms with Crippen LogP contribution in [-0.4, -0.2) is 96.7 Å². The number of carbonyl (C=O) groups excluding carboxylic acids is 4. The van der Waals surface area contributed by atoms with E-state index in [1.165, 1.54) is 173 Å². The van der Waals surface area contributed by atoms with Gasteiger partial charge in [-0.25, -0.2) is 9.13 Å². The first-order valence-corrected chi connectivity index (χ1v) is 40.1. The van der Waals surface area contributed by atoms with Gasteiger partial charge in [-0.05, 0) is 37.5 Å². The highest BCUT2D eigenvalue weighted by Crippen LogP contribution is 2.45. The Morgan fingerprint density at radius 3 is 0.789 bits per heavy atom. The third kappa shape index (κ3) is 62.2. The van der Waals surface area contributed by atoms with Crippen LogP contribution >= 0.6 is 15.6 Å². The lowest BCUT2D eigenvalue weighted by Gasteiger charge is -2.21. The molecule has 0 fully saturated rings. The maximum Gasteiger partial charge on any atom is 0.472 e. The molecule has 0 amide bonds. The van der Waals surface area contributed by atoms with Crippen molar-refractivity contribution in [2.24, 2.45) is 11.8 Å². The van der Waals surface area contributed by atoms with Crippen molar-refractivity contribution in [2.45, 2.75) is 381 Å². The van der Waals surface area contributed by atoms with Crippen LogP contribution in [0.15, 0.2) is 0 Å². The number of unbranched alkanes of at least 4 members (excludes halogenated alkanes) is 38. The van der Waals surface area contributed by atoms with E-state index >= 15 is 0 Å². The molecule has 0 bridgehead atoms. The maximum atomic E-state index is 13.0. The predicted octanol–water partition coefficient (Wildman–Crippen LogP) is 20.4. The molecule has 90 heavy (non-hydrogen) atoms. The lowest BCUT2D eigenvalue weighted by atomic mass is 9.99. The number of carbonyl (C=O) groups is 4. The Hall–Kier alpha value is -1.94. The summed E-state index contributed by atoms with van der Waals surface area (Å²) in [4.78, 5) is 72.4. The molecular formula is C71H138O17P2. The highest BCUT2D eigenvalue weighted by molar-refractivity contribution is 7.47. The Balaban J connectivity index is 5.12. The number of hydrogen-bond acceptors (Lipinski definition) is 15. The molecule has 19 heteroatoms. The Bertz CT molecular complexity index is 1760. The monoisotopic (exact) mass is 1320 g/mol. The second-order valence-electron chi connectivity index (χ2n) is 26.1. The van der Waals surface area contributed by atoms with E-state index in [1.807, 2.05) is 0 Å². The molecule has 0 spiro atoms. The lowest BCUT2D eigenvalue weighted by molar-refractivity contribution is -0.161. The van der Waals surface area contributed by atoms with E-state index in [1.54, 1.807) is 0 Å². The molecule has 0 radical (unpaired) electrons. The number of esters is 4. The van der Waals surface area contributed by atoms with Gasteiger partial charge in [0.15, 0.2) is 12.2 Å². The van der Waals surface area contributed by atoms with E-state index in [9.17, 15) is 43.2 Å². The lowest BCUT2D eigenvalue weighted by Crippen LogP contribution is -2.30. The molecule has 0 aliphatic heterocycles. The topological polar surface area (TPSA) is 237 Å². The van der Waals surface area contributed by atoms with Crippen LogP contribution in [0.4, 0.5) is 0 Å². The van der Waals surface area contributed by atoms with Gasteiger partial charge in [0.25, 0.3) is 0 Å². The Morgan fingerprint density at radius 2 is 0.533 bits per heavy atom. The van der Waals surface area contributed by atoms with Crippen LogP contribution in [-0.2, 0) is 65.4 Å². The summed E-state index contributed by atoms with van der Waals surface area (Å²) in [6.45, 7) is 9.54. The quantitative estimate of drug-likeness (QED) is 0.0222. The molecule has 0 saturated carbocycles. The smallest absolute Gasteiger partial charge is 0.462 e. The highest BCUT2D eigenvalue weighted by Gasteiger charge is 2.30. The van der Waals surface area contributed by atoms with Gasteiger partial charge >= 0.3 is 39.5 Å². The molecule has 0 aliphatic rings. The van der Waals surface area contributed by atoms with E-state index in [4.69, 9.17) is 37.0 Å². The largest absolute Gasteiger partial charge is 0.472 e. The van der Waals surface area contributed by atoms with Crippen LogP contribution < -0.4 is 0 Å². The molecule has 0 heterocycles. The van der Waals surface area contributed by atoms with Crippen molar-refractivity contribution in [1.82, 2.24) is 0 Å². The highest BCUT2D eigenvalue weighted by atomic mass is 31.2. The first kappa shape index (κ1) is 88.1. The van der Waals surface area contributed by atoms with Crippen LogP contribution in [0.25, 0.3) is 0 Å². The zero-order chi connectivity index (χ0) is 66.5. The summed E-state index contributed by atoms with van der Waals surface area (Å²) in [6.07, 6.45) is 48.7. The van der Waals surface area contributed by atoms with Crippen LogP contribution in [0.2, 0.25) is 0 Å². The fourth-order valence-electron chi connectivity index (χ4n) is 10.7. The second kappa shape index (κ2) is 63.1. The van der Waals surface area contributed by atoms with Gasteiger partial charge in [-0.2, -0.15) is 0 Å². The zero-order valence-corrected chi connectivity index (χ0v) is 60.2. The molecule has 4 unspecified atom stereocenters. The molecule has 0 aromatic rings. The minimum atomic E-state index is -4.95. The van der Waals surface area contributed by atoms with Crippen LogP contribution in [0.5, 0.6) is 0 Å². The van der Waals surface area contributed by atoms with Crippen molar-refractivity contribution in [3.05, 3.63) is 0 Å². The van der Waals surface area contributed by atoms with Crippen molar-refractivity contribution in [3.8, 4) is 0 Å². The molecule has 0 rings (SSSR count). The number of phosphoric acid groups is 2. The minimum Gasteiger partial charge on any atom is -0.462 e. The molecule has 3 N–H and O–H groups in total. The van der Waals surface area contributed by atoms with Gasteiger partial charge in [-0.3, -0.25) is 37.3 Å². The van der Waals surface area contributed by atoms with Crippen molar-refractivity contribution < 1.29 is 80.2 Å². The number of aliphatic hydroxyl groups is 1. The van der Waals surface area contributed by atoms with Gasteiger partial charge in [-0.1, -0.05) is 311 Å². The molecule has 7 atom stereocenters. The van der Waals surface area contributed by atoms with Crippen LogP contribution in [0.3, 0.4) is 0 Å². The summed E-state index contributed by atoms with van der Waals surface area (Å²) < 4.78 is 68.2. The molecule has 0 aliphatic carbocycles. The Morgan fingerprint density at radius 1 is 0.311 bits per heavy atom. The van der Waals surface area contributed by atoms with Crippen molar-refractivity contribution in [3.63, 3.8) is 0 Å². The summed E-state index contributed by atoms with van der Waals surface area (Å²) >= 11 is 0. The molecule has 534 valence electrons. The van der Waals surface area contributed by atoms with E-state index in [0.717, 1.165) is 108 Å². The summed E-state index contributed by atoms with van der Waals surface area (Å²) in [6, 6.07) is 0. The first-order valence-electron chi connectivity index (χ1n) is 37.1. The maximum absolute atomic E-state index is 13.0. The van der Waals surface area contributed by atoms with Crippen LogP contribution in [0, 0.1) is 11.8 Å². The van der Waals surface area contributed by atoms with Gasteiger partial charge in [0.2, 0.25) is 0 Å². The molecule has 0 saturated heterocycles. The van der Waals surface area contributed by atoms with Gasteiger partial charge in [0.1, 0.15) is 19.3 Å². The number of phosphoric ester groups is 2. The predicted molar refractivity (Wildman–Crippen MR) is 363 cm³/mol. The summed E-state index contributed by atoms with van der Waals surface area (Å²) in [5.41, 5.74) is 0. The molecular weight excluding hydrogens is 1190 g/mol. The van der Waals surface area contributed by atoms with Gasteiger partial charge < -0.3 is 33.8 Å². The summed E-state index contributed by atoms with van der Waals surface area (Å²) in [5, 5.41) is 10.6. The van der Waals surface area contributed by atoms with E-state index < -0.39 is 97.5 Å². The normalized spacial score (nSPS) is 14.7.